The Balaban J connectivity index is 2.37. The molecular weight excluding hydrogens is 293 g/mol. The molecule has 0 amide bonds. The van der Waals surface area contributed by atoms with E-state index in [0.717, 1.165) is 15.6 Å². The molecule has 0 aliphatic heterocycles. The van der Waals surface area contributed by atoms with Gasteiger partial charge < -0.3 is 0 Å². The minimum Gasteiger partial charge on any atom is -0.207 e. The summed E-state index contributed by atoms with van der Waals surface area (Å²) < 4.78 is 13.7. The second kappa shape index (κ2) is 5.61. The van der Waals surface area contributed by atoms with Crippen LogP contribution in [0.3, 0.4) is 0 Å². The Labute approximate surface area is 113 Å². The van der Waals surface area contributed by atoms with Gasteiger partial charge in [-0.2, -0.15) is 5.26 Å². The molecule has 2 aromatic rings. The maximum atomic E-state index is 12.8. The predicted octanol–water partition coefficient (Wildman–Crippen LogP) is 4.65. The van der Waals surface area contributed by atoms with E-state index in [-0.39, 0.29) is 5.82 Å². The zero-order valence-corrected chi connectivity index (χ0v) is 11.0. The molecule has 18 heavy (non-hydrogen) atoms. The summed E-state index contributed by atoms with van der Waals surface area (Å²) in [6, 6.07) is 15.7. The highest BCUT2D eigenvalue weighted by molar-refractivity contribution is 9.10. The highest BCUT2D eigenvalue weighted by Crippen LogP contribution is 2.20. The van der Waals surface area contributed by atoms with Crippen LogP contribution in [0.25, 0.3) is 11.6 Å². The highest BCUT2D eigenvalue weighted by Gasteiger charge is 2.01. The molecule has 0 aromatic heterocycles. The third kappa shape index (κ3) is 3.06. The number of hydrogen-bond acceptors (Lipinski definition) is 1. The summed E-state index contributed by atoms with van der Waals surface area (Å²) in [7, 11) is 0. The van der Waals surface area contributed by atoms with Crippen LogP contribution in [-0.4, -0.2) is 0 Å². The molecule has 0 saturated heterocycles. The fourth-order valence-electron chi connectivity index (χ4n) is 1.54. The van der Waals surface area contributed by atoms with Crippen molar-refractivity contribution in [2.75, 3.05) is 0 Å². The molecule has 88 valence electrons. The van der Waals surface area contributed by atoms with Crippen molar-refractivity contribution in [1.29, 1.82) is 5.26 Å². The van der Waals surface area contributed by atoms with E-state index in [2.05, 4.69) is 22.0 Å². The van der Waals surface area contributed by atoms with E-state index in [0.29, 0.717) is 5.57 Å². The summed E-state index contributed by atoms with van der Waals surface area (Å²) in [5.41, 5.74) is 2.19. The molecule has 0 bridgehead atoms. The van der Waals surface area contributed by atoms with Crippen molar-refractivity contribution in [3.63, 3.8) is 0 Å². The molecule has 2 rings (SSSR count). The minimum absolute atomic E-state index is 0.283. The molecule has 2 aromatic carbocycles. The zero-order chi connectivity index (χ0) is 13.0. The smallest absolute Gasteiger partial charge is 0.123 e. The first-order chi connectivity index (χ1) is 8.69. The Morgan fingerprint density at radius 2 is 1.67 bits per heavy atom. The molecule has 0 unspecified atom stereocenters. The molecular formula is C15H9BrFN. The van der Waals surface area contributed by atoms with Crippen LogP contribution in [0, 0.1) is 17.1 Å². The van der Waals surface area contributed by atoms with E-state index in [9.17, 15) is 4.39 Å². The summed E-state index contributed by atoms with van der Waals surface area (Å²) in [5.74, 6) is -0.283. The zero-order valence-electron chi connectivity index (χ0n) is 9.40. The van der Waals surface area contributed by atoms with E-state index >= 15 is 0 Å². The van der Waals surface area contributed by atoms with E-state index in [4.69, 9.17) is 5.26 Å². The lowest BCUT2D eigenvalue weighted by Gasteiger charge is -2.00. The second-order valence-electron chi connectivity index (χ2n) is 3.73. The van der Waals surface area contributed by atoms with Crippen LogP contribution < -0.4 is 0 Å². The number of nitriles is 1. The van der Waals surface area contributed by atoms with Gasteiger partial charge in [0.2, 0.25) is 0 Å². The summed E-state index contributed by atoms with van der Waals surface area (Å²) in [5, 5.41) is 9.16. The van der Waals surface area contributed by atoms with Crippen molar-refractivity contribution < 1.29 is 4.39 Å². The van der Waals surface area contributed by atoms with Crippen molar-refractivity contribution in [3.05, 3.63) is 69.9 Å². The van der Waals surface area contributed by atoms with Gasteiger partial charge in [-0.3, -0.25) is 0 Å². The molecule has 0 atom stereocenters. The Morgan fingerprint density at radius 1 is 1.06 bits per heavy atom. The van der Waals surface area contributed by atoms with Gasteiger partial charge in [0.15, 0.2) is 0 Å². The maximum absolute atomic E-state index is 12.8. The van der Waals surface area contributed by atoms with E-state index in [1.165, 1.54) is 12.1 Å². The van der Waals surface area contributed by atoms with Crippen molar-refractivity contribution >= 4 is 27.6 Å². The van der Waals surface area contributed by atoms with Crippen LogP contribution in [0.2, 0.25) is 0 Å². The second-order valence-corrected chi connectivity index (χ2v) is 4.64. The van der Waals surface area contributed by atoms with Gasteiger partial charge in [0, 0.05) is 4.47 Å². The molecule has 0 aliphatic carbocycles. The summed E-state index contributed by atoms with van der Waals surface area (Å²) in [4.78, 5) is 0. The molecule has 0 radical (unpaired) electrons. The van der Waals surface area contributed by atoms with E-state index in [1.54, 1.807) is 18.2 Å². The van der Waals surface area contributed by atoms with Gasteiger partial charge in [-0.25, -0.2) is 4.39 Å². The van der Waals surface area contributed by atoms with Crippen molar-refractivity contribution in [1.82, 2.24) is 0 Å². The Kier molecular flexibility index (Phi) is 3.91. The average Bonchev–Trinajstić information content (AvgIpc) is 2.39. The number of nitrogens with zero attached hydrogens (tertiary/aromatic N) is 1. The number of allylic oxidation sites excluding steroid dienone is 1. The molecule has 1 nitrogen and oxygen atoms in total. The number of halogens is 2. The molecule has 0 heterocycles. The van der Waals surface area contributed by atoms with Crippen LogP contribution >= 0.6 is 15.9 Å². The van der Waals surface area contributed by atoms with Gasteiger partial charge in [-0.05, 0) is 41.5 Å². The summed E-state index contributed by atoms with van der Waals surface area (Å²) in [6.45, 7) is 0. The third-order valence-corrected chi connectivity index (χ3v) is 2.99. The third-order valence-electron chi connectivity index (χ3n) is 2.46. The van der Waals surface area contributed by atoms with Crippen molar-refractivity contribution in [2.24, 2.45) is 0 Å². The minimum atomic E-state index is -0.283. The molecule has 0 spiro atoms. The quantitative estimate of drug-likeness (QED) is 0.585. The average molecular weight is 302 g/mol. The standard InChI is InChI=1S/C15H9BrFN/c16-14-5-3-12(4-6-14)13(10-18)9-11-1-7-15(17)8-2-11/h1-9H/b13-9+. The predicted molar refractivity (Wildman–Crippen MR) is 74.0 cm³/mol. The molecule has 0 fully saturated rings. The normalized spacial score (nSPS) is 11.1. The first-order valence-electron chi connectivity index (χ1n) is 5.32. The van der Waals surface area contributed by atoms with Gasteiger partial charge in [-0.15, -0.1) is 0 Å². The van der Waals surface area contributed by atoms with E-state index < -0.39 is 0 Å². The van der Waals surface area contributed by atoms with Crippen LogP contribution in [-0.2, 0) is 0 Å². The highest BCUT2D eigenvalue weighted by atomic mass is 79.9. The van der Waals surface area contributed by atoms with Gasteiger partial charge >= 0.3 is 0 Å². The van der Waals surface area contributed by atoms with Gasteiger partial charge in [0.05, 0.1) is 11.6 Å². The Morgan fingerprint density at radius 3 is 2.22 bits per heavy atom. The molecule has 0 aliphatic rings. The molecule has 0 N–H and O–H groups in total. The molecule has 0 saturated carbocycles. The lowest BCUT2D eigenvalue weighted by Crippen LogP contribution is -1.82. The van der Waals surface area contributed by atoms with Crippen LogP contribution in [0.15, 0.2) is 53.0 Å². The fourth-order valence-corrected chi connectivity index (χ4v) is 1.80. The molecule has 3 heteroatoms. The first-order valence-corrected chi connectivity index (χ1v) is 6.11. The van der Waals surface area contributed by atoms with Crippen LogP contribution in [0.4, 0.5) is 4.39 Å². The van der Waals surface area contributed by atoms with Gasteiger partial charge in [0.25, 0.3) is 0 Å². The lowest BCUT2D eigenvalue weighted by molar-refractivity contribution is 0.628. The van der Waals surface area contributed by atoms with E-state index in [1.807, 2.05) is 24.3 Å². The van der Waals surface area contributed by atoms with Gasteiger partial charge in [-0.1, -0.05) is 40.2 Å². The van der Waals surface area contributed by atoms with Crippen molar-refractivity contribution in [2.45, 2.75) is 0 Å². The summed E-state index contributed by atoms with van der Waals surface area (Å²) in [6.07, 6.45) is 1.74. The maximum Gasteiger partial charge on any atom is 0.123 e. The topological polar surface area (TPSA) is 23.8 Å². The number of benzene rings is 2. The largest absolute Gasteiger partial charge is 0.207 e. The van der Waals surface area contributed by atoms with Crippen LogP contribution in [0.1, 0.15) is 11.1 Å². The SMILES string of the molecule is N#C/C(=C\c1ccc(F)cc1)c1ccc(Br)cc1. The summed E-state index contributed by atoms with van der Waals surface area (Å²) >= 11 is 3.35. The first kappa shape index (κ1) is 12.5. The Bertz CT molecular complexity index is 606. The number of rotatable bonds is 2. The fraction of sp³-hybridized carbons (Fsp3) is 0. The lowest BCUT2D eigenvalue weighted by atomic mass is 10.0. The number of hydrogen-bond donors (Lipinski definition) is 0. The van der Waals surface area contributed by atoms with Crippen molar-refractivity contribution in [3.8, 4) is 6.07 Å². The van der Waals surface area contributed by atoms with Gasteiger partial charge in [0.1, 0.15) is 5.82 Å². The monoisotopic (exact) mass is 301 g/mol. The Hall–Kier alpha value is -1.92. The van der Waals surface area contributed by atoms with Crippen LogP contribution in [0.5, 0.6) is 0 Å².